The summed E-state index contributed by atoms with van der Waals surface area (Å²) in [5.74, 6) is 0.920. The summed E-state index contributed by atoms with van der Waals surface area (Å²) in [6, 6.07) is 6.16. The van der Waals surface area contributed by atoms with Gasteiger partial charge in [0.05, 0.1) is 7.11 Å². The van der Waals surface area contributed by atoms with Gasteiger partial charge in [-0.15, -0.1) is 0 Å². The van der Waals surface area contributed by atoms with Crippen LogP contribution in [-0.4, -0.2) is 28.6 Å². The minimum Gasteiger partial charge on any atom is -0.467 e. The molecule has 106 valence electrons. The predicted octanol–water partition coefficient (Wildman–Crippen LogP) is 3.13. The molecule has 2 rings (SSSR count). The number of methoxy groups -OCH3 is 1. The summed E-state index contributed by atoms with van der Waals surface area (Å²) < 4.78 is 6.11. The maximum atomic E-state index is 5.08. The largest absolute Gasteiger partial charge is 0.467 e. The van der Waals surface area contributed by atoms with Gasteiger partial charge in [0.25, 0.3) is 0 Å². The van der Waals surface area contributed by atoms with E-state index in [0.29, 0.717) is 11.9 Å². The summed E-state index contributed by atoms with van der Waals surface area (Å²) in [4.78, 5) is 12.6. The van der Waals surface area contributed by atoms with Gasteiger partial charge in [0.1, 0.15) is 0 Å². The fourth-order valence-corrected chi connectivity index (χ4v) is 1.97. The van der Waals surface area contributed by atoms with Gasteiger partial charge in [-0.05, 0) is 31.5 Å². The lowest BCUT2D eigenvalue weighted by atomic mass is 10.2. The van der Waals surface area contributed by atoms with Crippen LogP contribution in [0, 0.1) is 6.92 Å². The van der Waals surface area contributed by atoms with Crippen LogP contribution in [0.2, 0.25) is 0 Å². The lowest BCUT2D eigenvalue weighted by Gasteiger charge is -2.11. The molecule has 1 aromatic heterocycles. The molecule has 0 spiro atoms. The number of ether oxygens (including phenoxy) is 1. The molecule has 0 saturated heterocycles. The first-order chi connectivity index (χ1) is 9.63. The van der Waals surface area contributed by atoms with Gasteiger partial charge in [-0.3, -0.25) is 0 Å². The van der Waals surface area contributed by atoms with E-state index in [0.717, 1.165) is 22.3 Å². The molecule has 0 amide bonds. The van der Waals surface area contributed by atoms with Gasteiger partial charge in [-0.25, -0.2) is 0 Å². The number of halogens is 1. The molecule has 1 heterocycles. The van der Waals surface area contributed by atoms with Gasteiger partial charge in [0, 0.05) is 16.7 Å². The lowest BCUT2D eigenvalue weighted by Crippen LogP contribution is -2.08. The second-order valence-electron chi connectivity index (χ2n) is 4.04. The van der Waals surface area contributed by atoms with Crippen molar-refractivity contribution in [3.8, 4) is 6.01 Å². The Morgan fingerprint density at radius 1 is 1.20 bits per heavy atom. The van der Waals surface area contributed by atoms with Crippen molar-refractivity contribution in [3.63, 3.8) is 0 Å². The SMILES string of the molecule is CCNc1nc(Nc2cccc(Br)c2C)nc(OC)n1. The van der Waals surface area contributed by atoms with E-state index in [1.807, 2.05) is 32.0 Å². The summed E-state index contributed by atoms with van der Waals surface area (Å²) in [5.41, 5.74) is 2.01. The first kappa shape index (κ1) is 14.5. The molecule has 0 aliphatic rings. The summed E-state index contributed by atoms with van der Waals surface area (Å²) in [6.07, 6.45) is 0. The second-order valence-corrected chi connectivity index (χ2v) is 4.89. The Labute approximate surface area is 126 Å². The molecule has 7 heteroatoms. The Morgan fingerprint density at radius 3 is 2.65 bits per heavy atom. The maximum absolute atomic E-state index is 5.08. The Morgan fingerprint density at radius 2 is 1.95 bits per heavy atom. The maximum Gasteiger partial charge on any atom is 0.322 e. The Balaban J connectivity index is 2.32. The Bertz CT molecular complexity index is 605. The van der Waals surface area contributed by atoms with Crippen LogP contribution in [0.3, 0.4) is 0 Å². The molecule has 0 fully saturated rings. The van der Waals surface area contributed by atoms with Crippen LogP contribution < -0.4 is 15.4 Å². The zero-order chi connectivity index (χ0) is 14.5. The van der Waals surface area contributed by atoms with E-state index >= 15 is 0 Å². The van der Waals surface area contributed by atoms with Crippen molar-refractivity contribution >= 4 is 33.5 Å². The number of aromatic nitrogens is 3. The molecule has 0 bridgehead atoms. The predicted molar refractivity (Wildman–Crippen MR) is 82.7 cm³/mol. The molecule has 0 radical (unpaired) electrons. The molecule has 0 aliphatic heterocycles. The average Bonchev–Trinajstić information content (AvgIpc) is 2.44. The summed E-state index contributed by atoms with van der Waals surface area (Å²) in [7, 11) is 1.53. The molecule has 1 aromatic carbocycles. The van der Waals surface area contributed by atoms with Gasteiger partial charge in [-0.1, -0.05) is 22.0 Å². The number of rotatable bonds is 5. The highest BCUT2D eigenvalue weighted by Crippen LogP contribution is 2.25. The van der Waals surface area contributed by atoms with Crippen molar-refractivity contribution in [2.45, 2.75) is 13.8 Å². The van der Waals surface area contributed by atoms with Gasteiger partial charge >= 0.3 is 6.01 Å². The summed E-state index contributed by atoms with van der Waals surface area (Å²) in [5, 5.41) is 6.22. The van der Waals surface area contributed by atoms with Crippen LogP contribution in [0.4, 0.5) is 17.6 Å². The zero-order valence-corrected chi connectivity index (χ0v) is 13.2. The van der Waals surface area contributed by atoms with Gasteiger partial charge in [-0.2, -0.15) is 15.0 Å². The Kier molecular flexibility index (Phi) is 4.73. The summed E-state index contributed by atoms with van der Waals surface area (Å²) >= 11 is 3.50. The van der Waals surface area contributed by atoms with Crippen LogP contribution in [0.5, 0.6) is 6.01 Å². The third kappa shape index (κ3) is 3.36. The third-order valence-electron chi connectivity index (χ3n) is 2.65. The minimum absolute atomic E-state index is 0.270. The van der Waals surface area contributed by atoms with Crippen LogP contribution in [0.25, 0.3) is 0 Å². The van der Waals surface area contributed by atoms with E-state index in [4.69, 9.17) is 4.74 Å². The highest BCUT2D eigenvalue weighted by molar-refractivity contribution is 9.10. The molecular weight excluding hydrogens is 322 g/mol. The molecular formula is C13H16BrN5O. The van der Waals surface area contributed by atoms with E-state index in [1.165, 1.54) is 7.11 Å². The number of anilines is 3. The third-order valence-corrected chi connectivity index (χ3v) is 3.51. The number of benzene rings is 1. The quantitative estimate of drug-likeness (QED) is 0.873. The normalized spacial score (nSPS) is 10.2. The topological polar surface area (TPSA) is 72.0 Å². The number of nitrogens with one attached hydrogen (secondary N) is 2. The molecule has 0 aliphatic carbocycles. The van der Waals surface area contributed by atoms with E-state index in [2.05, 4.69) is 41.5 Å². The van der Waals surface area contributed by atoms with E-state index in [-0.39, 0.29) is 6.01 Å². The summed E-state index contributed by atoms with van der Waals surface area (Å²) in [6.45, 7) is 4.71. The van der Waals surface area contributed by atoms with Crippen molar-refractivity contribution in [3.05, 3.63) is 28.2 Å². The minimum atomic E-state index is 0.270. The molecule has 0 unspecified atom stereocenters. The number of hydrogen-bond donors (Lipinski definition) is 2. The smallest absolute Gasteiger partial charge is 0.322 e. The molecule has 6 nitrogen and oxygen atoms in total. The number of nitrogens with zero attached hydrogens (tertiary/aromatic N) is 3. The van der Waals surface area contributed by atoms with E-state index in [9.17, 15) is 0 Å². The van der Waals surface area contributed by atoms with Crippen LogP contribution in [0.1, 0.15) is 12.5 Å². The van der Waals surface area contributed by atoms with Crippen molar-refractivity contribution < 1.29 is 4.74 Å². The van der Waals surface area contributed by atoms with Crippen molar-refractivity contribution in [2.75, 3.05) is 24.3 Å². The first-order valence-electron chi connectivity index (χ1n) is 6.20. The molecule has 20 heavy (non-hydrogen) atoms. The van der Waals surface area contributed by atoms with Crippen molar-refractivity contribution in [1.82, 2.24) is 15.0 Å². The fraction of sp³-hybridized carbons (Fsp3) is 0.308. The average molecular weight is 338 g/mol. The molecule has 0 atom stereocenters. The van der Waals surface area contributed by atoms with Gasteiger partial charge in [0.15, 0.2) is 0 Å². The first-order valence-corrected chi connectivity index (χ1v) is 6.99. The van der Waals surface area contributed by atoms with Crippen LogP contribution >= 0.6 is 15.9 Å². The van der Waals surface area contributed by atoms with Gasteiger partial charge in [0.2, 0.25) is 11.9 Å². The molecule has 2 aromatic rings. The van der Waals surface area contributed by atoms with Gasteiger partial charge < -0.3 is 15.4 Å². The van der Waals surface area contributed by atoms with Crippen LogP contribution in [-0.2, 0) is 0 Å². The van der Waals surface area contributed by atoms with E-state index in [1.54, 1.807) is 0 Å². The molecule has 2 N–H and O–H groups in total. The number of hydrogen-bond acceptors (Lipinski definition) is 6. The second kappa shape index (κ2) is 6.51. The van der Waals surface area contributed by atoms with E-state index < -0.39 is 0 Å². The lowest BCUT2D eigenvalue weighted by molar-refractivity contribution is 0.379. The standard InChI is InChI=1S/C13H16BrN5O/c1-4-15-11-17-12(19-13(18-11)20-3)16-10-7-5-6-9(14)8(10)2/h5-7H,4H2,1-3H3,(H2,15,16,17,18,19). The monoisotopic (exact) mass is 337 g/mol. The highest BCUT2D eigenvalue weighted by Gasteiger charge is 2.08. The fourth-order valence-electron chi connectivity index (χ4n) is 1.60. The Hall–Kier alpha value is -1.89. The van der Waals surface area contributed by atoms with Crippen molar-refractivity contribution in [2.24, 2.45) is 0 Å². The molecule has 0 saturated carbocycles. The van der Waals surface area contributed by atoms with Crippen LogP contribution in [0.15, 0.2) is 22.7 Å². The highest BCUT2D eigenvalue weighted by atomic mass is 79.9. The zero-order valence-electron chi connectivity index (χ0n) is 11.6. The van der Waals surface area contributed by atoms with Crippen molar-refractivity contribution in [1.29, 1.82) is 0 Å².